The predicted molar refractivity (Wildman–Crippen MR) is 92.5 cm³/mol. The number of aliphatic hydroxyl groups excluding tert-OH is 1. The van der Waals surface area contributed by atoms with Crippen molar-refractivity contribution in [2.75, 3.05) is 6.54 Å². The summed E-state index contributed by atoms with van der Waals surface area (Å²) in [6.07, 6.45) is 0.134. The molecule has 2 aromatic carbocycles. The van der Waals surface area contributed by atoms with Gasteiger partial charge in [-0.1, -0.05) is 49.4 Å². The van der Waals surface area contributed by atoms with Gasteiger partial charge in [0.25, 0.3) is 0 Å². The van der Waals surface area contributed by atoms with Crippen LogP contribution in [0.2, 0.25) is 0 Å². The van der Waals surface area contributed by atoms with Crippen molar-refractivity contribution in [1.29, 1.82) is 0 Å². The van der Waals surface area contributed by atoms with E-state index in [0.29, 0.717) is 13.0 Å². The molecule has 0 spiro atoms. The Bertz CT molecular complexity index is 710. The average molecular weight is 333 g/mol. The monoisotopic (exact) mass is 333 g/mol. The summed E-state index contributed by atoms with van der Waals surface area (Å²) in [5, 5.41) is 9.33. The van der Waals surface area contributed by atoms with Crippen molar-refractivity contribution in [1.82, 2.24) is 4.72 Å². The van der Waals surface area contributed by atoms with Gasteiger partial charge in [0, 0.05) is 6.54 Å². The molecule has 2 rings (SSSR count). The van der Waals surface area contributed by atoms with Gasteiger partial charge in [-0.25, -0.2) is 13.1 Å². The Balaban J connectivity index is 2.06. The molecule has 124 valence electrons. The Kier molecular flexibility index (Phi) is 5.93. The van der Waals surface area contributed by atoms with Crippen molar-refractivity contribution < 1.29 is 13.5 Å². The van der Waals surface area contributed by atoms with Gasteiger partial charge < -0.3 is 5.11 Å². The number of aliphatic hydroxyl groups is 1. The Morgan fingerprint density at radius 2 is 1.52 bits per heavy atom. The summed E-state index contributed by atoms with van der Waals surface area (Å²) in [6, 6.07) is 16.7. The van der Waals surface area contributed by atoms with Gasteiger partial charge in [0.1, 0.15) is 0 Å². The molecule has 4 nitrogen and oxygen atoms in total. The molecule has 0 radical (unpaired) electrons. The summed E-state index contributed by atoms with van der Waals surface area (Å²) in [4.78, 5) is 0.251. The SMILES string of the molecule is CC(O)CC(C)CNS(=O)(=O)c1ccc(-c2ccccc2)cc1. The molecule has 2 unspecified atom stereocenters. The third-order valence-corrected chi connectivity index (χ3v) is 5.08. The van der Waals surface area contributed by atoms with Gasteiger partial charge in [0.05, 0.1) is 11.0 Å². The average Bonchev–Trinajstić information content (AvgIpc) is 2.53. The summed E-state index contributed by atoms with van der Waals surface area (Å²) in [6.45, 7) is 3.93. The number of rotatable bonds is 7. The summed E-state index contributed by atoms with van der Waals surface area (Å²) < 4.78 is 27.2. The quantitative estimate of drug-likeness (QED) is 0.818. The molecule has 2 atom stereocenters. The second-order valence-corrected chi connectivity index (χ2v) is 7.70. The standard InChI is InChI=1S/C18H23NO3S/c1-14(12-15(2)20)13-19-23(21,22)18-10-8-17(9-11-18)16-6-4-3-5-7-16/h3-11,14-15,19-20H,12-13H2,1-2H3. The second kappa shape index (κ2) is 7.73. The third kappa shape index (κ3) is 5.16. The fourth-order valence-corrected chi connectivity index (χ4v) is 3.62. The molecule has 0 aliphatic carbocycles. The molecule has 0 heterocycles. The summed E-state index contributed by atoms with van der Waals surface area (Å²) >= 11 is 0. The largest absolute Gasteiger partial charge is 0.393 e. The van der Waals surface area contributed by atoms with Crippen LogP contribution in [0.1, 0.15) is 20.3 Å². The second-order valence-electron chi connectivity index (χ2n) is 5.93. The van der Waals surface area contributed by atoms with E-state index in [-0.39, 0.29) is 10.8 Å². The smallest absolute Gasteiger partial charge is 0.240 e. The van der Waals surface area contributed by atoms with Crippen LogP contribution in [0.3, 0.4) is 0 Å². The van der Waals surface area contributed by atoms with E-state index in [1.165, 1.54) is 0 Å². The van der Waals surface area contributed by atoms with Gasteiger partial charge in [-0.15, -0.1) is 0 Å². The fraction of sp³-hybridized carbons (Fsp3) is 0.333. The molecule has 0 fully saturated rings. The minimum absolute atomic E-state index is 0.0772. The maximum Gasteiger partial charge on any atom is 0.240 e. The molecule has 2 N–H and O–H groups in total. The van der Waals surface area contributed by atoms with E-state index in [1.807, 2.05) is 49.4 Å². The lowest BCUT2D eigenvalue weighted by Crippen LogP contribution is -2.29. The zero-order chi connectivity index (χ0) is 16.9. The first-order valence-corrected chi connectivity index (χ1v) is 9.20. The lowest BCUT2D eigenvalue weighted by atomic mass is 10.1. The Morgan fingerprint density at radius 3 is 2.09 bits per heavy atom. The van der Waals surface area contributed by atoms with Crippen LogP contribution in [0, 0.1) is 5.92 Å². The zero-order valence-corrected chi connectivity index (χ0v) is 14.3. The number of nitrogens with one attached hydrogen (secondary N) is 1. The van der Waals surface area contributed by atoms with E-state index in [2.05, 4.69) is 4.72 Å². The van der Waals surface area contributed by atoms with Crippen molar-refractivity contribution >= 4 is 10.0 Å². The number of benzene rings is 2. The van der Waals surface area contributed by atoms with Crippen LogP contribution in [0.15, 0.2) is 59.5 Å². The maximum absolute atomic E-state index is 12.3. The lowest BCUT2D eigenvalue weighted by molar-refractivity contribution is 0.165. The highest BCUT2D eigenvalue weighted by molar-refractivity contribution is 7.89. The molecule has 0 bridgehead atoms. The van der Waals surface area contributed by atoms with Crippen molar-refractivity contribution in [2.45, 2.75) is 31.3 Å². The highest BCUT2D eigenvalue weighted by Gasteiger charge is 2.16. The number of hydrogen-bond donors (Lipinski definition) is 2. The van der Waals surface area contributed by atoms with E-state index < -0.39 is 16.1 Å². The molecule has 0 aliphatic rings. The van der Waals surface area contributed by atoms with Crippen LogP contribution >= 0.6 is 0 Å². The molecule has 0 saturated heterocycles. The maximum atomic E-state index is 12.3. The molecular weight excluding hydrogens is 310 g/mol. The highest BCUT2D eigenvalue weighted by Crippen LogP contribution is 2.21. The van der Waals surface area contributed by atoms with E-state index >= 15 is 0 Å². The van der Waals surface area contributed by atoms with Crippen LogP contribution in [0.4, 0.5) is 0 Å². The molecule has 0 amide bonds. The van der Waals surface area contributed by atoms with Crippen molar-refractivity contribution in [2.24, 2.45) is 5.92 Å². The molecular formula is C18H23NO3S. The summed E-state index contributed by atoms with van der Waals surface area (Å²) in [5.74, 6) is 0.0772. The Hall–Kier alpha value is -1.69. The van der Waals surface area contributed by atoms with Crippen molar-refractivity contribution in [3.05, 3.63) is 54.6 Å². The van der Waals surface area contributed by atoms with Crippen LogP contribution in [0.5, 0.6) is 0 Å². The fourth-order valence-electron chi connectivity index (χ4n) is 2.46. The molecule has 0 aliphatic heterocycles. The first-order chi connectivity index (χ1) is 10.9. The van der Waals surface area contributed by atoms with Crippen LogP contribution < -0.4 is 4.72 Å². The van der Waals surface area contributed by atoms with Gasteiger partial charge in [-0.2, -0.15) is 0 Å². The van der Waals surface area contributed by atoms with Crippen molar-refractivity contribution in [3.63, 3.8) is 0 Å². The van der Waals surface area contributed by atoms with Gasteiger partial charge in [-0.3, -0.25) is 0 Å². The third-order valence-electron chi connectivity index (χ3n) is 3.64. The number of hydrogen-bond acceptors (Lipinski definition) is 3. The van der Waals surface area contributed by atoms with E-state index in [4.69, 9.17) is 0 Å². The number of sulfonamides is 1. The van der Waals surface area contributed by atoms with E-state index in [1.54, 1.807) is 19.1 Å². The molecule has 2 aromatic rings. The van der Waals surface area contributed by atoms with Crippen molar-refractivity contribution in [3.8, 4) is 11.1 Å². The first-order valence-electron chi connectivity index (χ1n) is 7.71. The normalized spacial score (nSPS) is 14.4. The summed E-state index contributed by atoms with van der Waals surface area (Å²) in [7, 11) is -3.52. The zero-order valence-electron chi connectivity index (χ0n) is 13.4. The first kappa shape index (κ1) is 17.7. The molecule has 0 aromatic heterocycles. The topological polar surface area (TPSA) is 66.4 Å². The predicted octanol–water partition coefficient (Wildman–Crippen LogP) is 3.04. The lowest BCUT2D eigenvalue weighted by Gasteiger charge is -2.14. The van der Waals surface area contributed by atoms with Gasteiger partial charge in [0.15, 0.2) is 0 Å². The minimum Gasteiger partial charge on any atom is -0.393 e. The van der Waals surface area contributed by atoms with Gasteiger partial charge in [0.2, 0.25) is 10.0 Å². The Morgan fingerprint density at radius 1 is 0.957 bits per heavy atom. The van der Waals surface area contributed by atoms with Gasteiger partial charge in [-0.05, 0) is 42.5 Å². The van der Waals surface area contributed by atoms with E-state index in [0.717, 1.165) is 11.1 Å². The summed E-state index contributed by atoms with van der Waals surface area (Å²) in [5.41, 5.74) is 2.03. The van der Waals surface area contributed by atoms with Crippen LogP contribution in [-0.4, -0.2) is 26.2 Å². The molecule has 0 saturated carbocycles. The minimum atomic E-state index is -3.52. The molecule has 5 heteroatoms. The van der Waals surface area contributed by atoms with Crippen LogP contribution in [0.25, 0.3) is 11.1 Å². The highest BCUT2D eigenvalue weighted by atomic mass is 32.2. The van der Waals surface area contributed by atoms with Gasteiger partial charge >= 0.3 is 0 Å². The molecule has 23 heavy (non-hydrogen) atoms. The Labute approximate surface area is 138 Å². The van der Waals surface area contributed by atoms with E-state index in [9.17, 15) is 13.5 Å². The van der Waals surface area contributed by atoms with Crippen LogP contribution in [-0.2, 0) is 10.0 Å².